The molecule has 4 aromatic rings. The third-order valence-corrected chi connectivity index (χ3v) is 5.61. The molecule has 4 aromatic carbocycles. The number of Topliss-reactive ketones (excluding diaryl/α,β-unsaturated/α-hetero) is 1. The molecule has 0 radical (unpaired) electrons. The lowest BCUT2D eigenvalue weighted by Crippen LogP contribution is -1.98. The van der Waals surface area contributed by atoms with E-state index >= 15 is 0 Å². The third-order valence-electron chi connectivity index (χ3n) is 5.61. The number of carbonyl (C=O) groups excluding carboxylic acids is 1. The van der Waals surface area contributed by atoms with Crippen molar-refractivity contribution < 1.29 is 14.3 Å². The number of carbonyl (C=O) groups is 1. The van der Waals surface area contributed by atoms with E-state index in [9.17, 15) is 4.79 Å². The van der Waals surface area contributed by atoms with Gasteiger partial charge in [0.25, 0.3) is 0 Å². The summed E-state index contributed by atoms with van der Waals surface area (Å²) in [5, 5.41) is 0. The van der Waals surface area contributed by atoms with Gasteiger partial charge in [0.05, 0.1) is 5.56 Å². The average molecular weight is 418 g/mol. The van der Waals surface area contributed by atoms with Crippen molar-refractivity contribution in [2.45, 2.75) is 13.5 Å². The maximum Gasteiger partial charge on any atom is 0.231 e. The molecule has 3 heteroatoms. The van der Waals surface area contributed by atoms with Crippen LogP contribution in [0, 0.1) is 6.92 Å². The van der Waals surface area contributed by atoms with Crippen LogP contribution < -0.4 is 9.47 Å². The SMILES string of the molecule is Cc1ccccc1COc1ccc2c(c1)O/C(=C\c1ccc(-c3ccccc3)cc1)C2=O. The largest absolute Gasteiger partial charge is 0.489 e. The van der Waals surface area contributed by atoms with Crippen LogP contribution in [-0.2, 0) is 6.61 Å². The van der Waals surface area contributed by atoms with Gasteiger partial charge < -0.3 is 9.47 Å². The molecule has 1 aliphatic heterocycles. The minimum Gasteiger partial charge on any atom is -0.489 e. The van der Waals surface area contributed by atoms with Gasteiger partial charge in [0.1, 0.15) is 18.1 Å². The summed E-state index contributed by atoms with van der Waals surface area (Å²) in [4.78, 5) is 12.8. The fourth-order valence-electron chi connectivity index (χ4n) is 3.74. The Morgan fingerprint density at radius 2 is 1.53 bits per heavy atom. The lowest BCUT2D eigenvalue weighted by molar-refractivity contribution is 0.101. The monoisotopic (exact) mass is 418 g/mol. The van der Waals surface area contributed by atoms with E-state index in [-0.39, 0.29) is 5.78 Å². The van der Waals surface area contributed by atoms with Crippen LogP contribution in [0.4, 0.5) is 0 Å². The molecule has 0 fully saturated rings. The minimum atomic E-state index is -0.113. The van der Waals surface area contributed by atoms with Gasteiger partial charge >= 0.3 is 0 Å². The molecule has 0 bridgehead atoms. The number of benzene rings is 4. The van der Waals surface area contributed by atoms with E-state index in [0.717, 1.165) is 22.3 Å². The van der Waals surface area contributed by atoms with Gasteiger partial charge in [-0.25, -0.2) is 0 Å². The normalized spacial score (nSPS) is 13.7. The van der Waals surface area contributed by atoms with Gasteiger partial charge in [-0.05, 0) is 52.9 Å². The van der Waals surface area contributed by atoms with Crippen LogP contribution in [0.5, 0.6) is 11.5 Å². The van der Waals surface area contributed by atoms with Crippen LogP contribution in [0.3, 0.4) is 0 Å². The topological polar surface area (TPSA) is 35.5 Å². The zero-order valence-electron chi connectivity index (χ0n) is 17.7. The molecule has 0 N–H and O–H groups in total. The van der Waals surface area contributed by atoms with E-state index in [1.807, 2.05) is 66.7 Å². The highest BCUT2D eigenvalue weighted by molar-refractivity contribution is 6.14. The molecule has 1 aliphatic rings. The van der Waals surface area contributed by atoms with Crippen molar-refractivity contribution in [1.29, 1.82) is 0 Å². The van der Waals surface area contributed by atoms with Gasteiger partial charge in [-0.1, -0.05) is 78.9 Å². The molecule has 0 saturated carbocycles. The van der Waals surface area contributed by atoms with Gasteiger partial charge in [0.15, 0.2) is 5.76 Å². The first-order valence-corrected chi connectivity index (χ1v) is 10.6. The molecule has 0 aliphatic carbocycles. The first kappa shape index (κ1) is 19.8. The highest BCUT2D eigenvalue weighted by Gasteiger charge is 2.27. The predicted molar refractivity (Wildman–Crippen MR) is 127 cm³/mol. The average Bonchev–Trinajstić information content (AvgIpc) is 3.14. The number of hydrogen-bond donors (Lipinski definition) is 0. The number of rotatable bonds is 5. The van der Waals surface area contributed by atoms with Crippen molar-refractivity contribution in [3.8, 4) is 22.6 Å². The van der Waals surface area contributed by atoms with E-state index in [1.165, 1.54) is 5.56 Å². The van der Waals surface area contributed by atoms with Gasteiger partial charge in [-0.2, -0.15) is 0 Å². The second-order valence-electron chi connectivity index (χ2n) is 7.80. The Balaban J connectivity index is 1.31. The molecule has 0 spiro atoms. The summed E-state index contributed by atoms with van der Waals surface area (Å²) in [6, 6.07) is 31.8. The number of aryl methyl sites for hydroxylation is 1. The number of fused-ring (bicyclic) bond motifs is 1. The lowest BCUT2D eigenvalue weighted by Gasteiger charge is -2.09. The zero-order valence-corrected chi connectivity index (χ0v) is 17.7. The Labute approximate surface area is 187 Å². The van der Waals surface area contributed by atoms with Crippen LogP contribution in [0.25, 0.3) is 17.2 Å². The summed E-state index contributed by atoms with van der Waals surface area (Å²) >= 11 is 0. The summed E-state index contributed by atoms with van der Waals surface area (Å²) in [5.41, 5.74) is 6.07. The molecular weight excluding hydrogens is 396 g/mol. The van der Waals surface area contributed by atoms with E-state index < -0.39 is 0 Å². The van der Waals surface area contributed by atoms with E-state index in [0.29, 0.717) is 29.4 Å². The molecule has 0 amide bonds. The molecule has 0 saturated heterocycles. The maximum absolute atomic E-state index is 12.8. The van der Waals surface area contributed by atoms with Gasteiger partial charge in [0.2, 0.25) is 5.78 Å². The Bertz CT molecular complexity index is 1300. The number of hydrogen-bond acceptors (Lipinski definition) is 3. The van der Waals surface area contributed by atoms with Crippen LogP contribution in [0.2, 0.25) is 0 Å². The zero-order chi connectivity index (χ0) is 21.9. The second-order valence-corrected chi connectivity index (χ2v) is 7.80. The van der Waals surface area contributed by atoms with Crippen LogP contribution in [-0.4, -0.2) is 5.78 Å². The smallest absolute Gasteiger partial charge is 0.231 e. The fraction of sp³-hybridized carbons (Fsp3) is 0.0690. The van der Waals surface area contributed by atoms with Crippen molar-refractivity contribution in [1.82, 2.24) is 0 Å². The molecule has 0 atom stereocenters. The van der Waals surface area contributed by atoms with Crippen LogP contribution >= 0.6 is 0 Å². The molecule has 1 heterocycles. The predicted octanol–water partition coefficient (Wildman–Crippen LogP) is 6.86. The molecule has 156 valence electrons. The van der Waals surface area contributed by atoms with Crippen LogP contribution in [0.1, 0.15) is 27.0 Å². The van der Waals surface area contributed by atoms with Gasteiger partial charge in [0, 0.05) is 6.07 Å². The van der Waals surface area contributed by atoms with Crippen molar-refractivity contribution in [2.75, 3.05) is 0 Å². The number of ether oxygens (including phenoxy) is 2. The van der Waals surface area contributed by atoms with E-state index in [1.54, 1.807) is 18.2 Å². The first-order valence-electron chi connectivity index (χ1n) is 10.6. The minimum absolute atomic E-state index is 0.113. The summed E-state index contributed by atoms with van der Waals surface area (Å²) in [6.45, 7) is 2.53. The summed E-state index contributed by atoms with van der Waals surface area (Å²) in [6.07, 6.45) is 1.78. The molecule has 0 unspecified atom stereocenters. The Kier molecular flexibility index (Phi) is 5.30. The van der Waals surface area contributed by atoms with Gasteiger partial charge in [-0.15, -0.1) is 0 Å². The summed E-state index contributed by atoms with van der Waals surface area (Å²) in [5.74, 6) is 1.42. The van der Waals surface area contributed by atoms with E-state index in [4.69, 9.17) is 9.47 Å². The van der Waals surface area contributed by atoms with Crippen molar-refractivity contribution in [2.24, 2.45) is 0 Å². The quantitative estimate of drug-likeness (QED) is 0.332. The Hall–Kier alpha value is -4.11. The van der Waals surface area contributed by atoms with Crippen molar-refractivity contribution >= 4 is 11.9 Å². The highest BCUT2D eigenvalue weighted by Crippen LogP contribution is 2.35. The maximum atomic E-state index is 12.8. The molecule has 3 nitrogen and oxygen atoms in total. The summed E-state index contributed by atoms with van der Waals surface area (Å²) < 4.78 is 11.8. The first-order chi connectivity index (χ1) is 15.7. The lowest BCUT2D eigenvalue weighted by atomic mass is 10.0. The molecule has 0 aromatic heterocycles. The third kappa shape index (κ3) is 4.06. The summed E-state index contributed by atoms with van der Waals surface area (Å²) in [7, 11) is 0. The van der Waals surface area contributed by atoms with Crippen molar-refractivity contribution in [3.05, 3.63) is 125 Å². The standard InChI is InChI=1S/C29H22O3/c1-20-7-5-6-10-24(20)19-31-25-15-16-26-27(18-25)32-28(29(26)30)17-21-11-13-23(14-12-21)22-8-3-2-4-9-22/h2-18H,19H2,1H3/b28-17-. The van der Waals surface area contributed by atoms with Crippen molar-refractivity contribution in [3.63, 3.8) is 0 Å². The van der Waals surface area contributed by atoms with Gasteiger partial charge in [-0.3, -0.25) is 4.79 Å². The molecular formula is C29H22O3. The van der Waals surface area contributed by atoms with Crippen LogP contribution in [0.15, 0.2) is 103 Å². The fourth-order valence-corrected chi connectivity index (χ4v) is 3.74. The van der Waals surface area contributed by atoms with E-state index in [2.05, 4.69) is 25.1 Å². The number of allylic oxidation sites excluding steroid dienone is 1. The number of ketones is 1. The molecule has 32 heavy (non-hydrogen) atoms. The Morgan fingerprint density at radius 3 is 2.31 bits per heavy atom. The second kappa shape index (κ2) is 8.56. The molecule has 5 rings (SSSR count). The Morgan fingerprint density at radius 1 is 0.812 bits per heavy atom. The highest BCUT2D eigenvalue weighted by atomic mass is 16.5.